The third-order valence-electron chi connectivity index (χ3n) is 4.31. The fourth-order valence-electron chi connectivity index (χ4n) is 2.79. The zero-order chi connectivity index (χ0) is 17.7. The number of amides is 1. The second-order valence-corrected chi connectivity index (χ2v) is 8.20. The molecule has 0 saturated carbocycles. The maximum atomic E-state index is 13.0. The molecule has 0 atom stereocenters. The third-order valence-corrected chi connectivity index (χ3v) is 6.15. The molecule has 0 heterocycles. The van der Waals surface area contributed by atoms with Gasteiger partial charge in [-0.15, -0.1) is 0 Å². The number of hydrogen-bond donors (Lipinski definition) is 0. The van der Waals surface area contributed by atoms with Crippen molar-refractivity contribution in [1.29, 1.82) is 0 Å². The van der Waals surface area contributed by atoms with Crippen LogP contribution in [0.1, 0.15) is 24.0 Å². The Labute approximate surface area is 144 Å². The van der Waals surface area contributed by atoms with Crippen LogP contribution in [0.5, 0.6) is 0 Å². The number of fused-ring (bicyclic) bond motifs is 1. The van der Waals surface area contributed by atoms with E-state index in [0.717, 1.165) is 31.2 Å². The van der Waals surface area contributed by atoms with Gasteiger partial charge >= 0.3 is 0 Å². The van der Waals surface area contributed by atoms with E-state index in [4.69, 9.17) is 4.74 Å². The van der Waals surface area contributed by atoms with Crippen molar-refractivity contribution in [2.24, 2.45) is 0 Å². The summed E-state index contributed by atoms with van der Waals surface area (Å²) in [7, 11) is 1.01. The molecule has 0 fully saturated rings. The van der Waals surface area contributed by atoms with Crippen molar-refractivity contribution in [3.8, 4) is 0 Å². The van der Waals surface area contributed by atoms with Gasteiger partial charge in [-0.05, 0) is 48.9 Å². The number of carbonyl (C=O) groups is 1. The summed E-state index contributed by atoms with van der Waals surface area (Å²) in [5.74, 6) is -0.257. The maximum Gasteiger partial charge on any atom is 0.243 e. The second-order valence-electron chi connectivity index (χ2n) is 6.26. The standard InChI is InChI=1S/C17H26N2O4S/c1-18(2)17(20)13-19(10-11-23-3)24(21,22)16-9-8-14-6-4-5-7-15(14)12-16/h8-9,12H,4-7,10-11,13H2,1-3H3. The summed E-state index contributed by atoms with van der Waals surface area (Å²) in [5, 5.41) is 0. The molecule has 0 spiro atoms. The van der Waals surface area contributed by atoms with Crippen LogP contribution in [0.4, 0.5) is 0 Å². The molecule has 6 nitrogen and oxygen atoms in total. The van der Waals surface area contributed by atoms with E-state index in [1.54, 1.807) is 26.2 Å². The van der Waals surface area contributed by atoms with E-state index in [2.05, 4.69) is 0 Å². The number of rotatable bonds is 7. The summed E-state index contributed by atoms with van der Waals surface area (Å²) in [5.41, 5.74) is 2.33. The third kappa shape index (κ3) is 4.34. The highest BCUT2D eigenvalue weighted by Crippen LogP contribution is 2.25. The molecule has 1 amide bonds. The van der Waals surface area contributed by atoms with Crippen molar-refractivity contribution >= 4 is 15.9 Å². The van der Waals surface area contributed by atoms with Crippen LogP contribution in [0.25, 0.3) is 0 Å². The molecular weight excluding hydrogens is 328 g/mol. The summed E-state index contributed by atoms with van der Waals surface area (Å²) in [6.07, 6.45) is 4.15. The van der Waals surface area contributed by atoms with Gasteiger partial charge in [0.1, 0.15) is 0 Å². The van der Waals surface area contributed by atoms with Gasteiger partial charge < -0.3 is 9.64 Å². The maximum absolute atomic E-state index is 13.0. The highest BCUT2D eigenvalue weighted by Gasteiger charge is 2.28. The molecule has 0 aliphatic heterocycles. The van der Waals surface area contributed by atoms with Crippen LogP contribution in [0.2, 0.25) is 0 Å². The van der Waals surface area contributed by atoms with E-state index in [0.29, 0.717) is 0 Å². The Morgan fingerprint density at radius 2 is 1.83 bits per heavy atom. The lowest BCUT2D eigenvalue weighted by Crippen LogP contribution is -2.41. The normalized spacial score (nSPS) is 14.5. The smallest absolute Gasteiger partial charge is 0.243 e. The lowest BCUT2D eigenvalue weighted by Gasteiger charge is -2.24. The molecule has 0 saturated heterocycles. The van der Waals surface area contributed by atoms with Crippen LogP contribution in [0, 0.1) is 0 Å². The van der Waals surface area contributed by atoms with E-state index in [-0.39, 0.29) is 30.5 Å². The van der Waals surface area contributed by atoms with E-state index in [1.807, 2.05) is 6.07 Å². The lowest BCUT2D eigenvalue weighted by molar-refractivity contribution is -0.128. The van der Waals surface area contributed by atoms with Crippen LogP contribution < -0.4 is 0 Å². The van der Waals surface area contributed by atoms with E-state index in [9.17, 15) is 13.2 Å². The average Bonchev–Trinajstić information content (AvgIpc) is 2.57. The second kappa shape index (κ2) is 8.09. The molecule has 2 rings (SSSR count). The van der Waals surface area contributed by atoms with Crippen LogP contribution >= 0.6 is 0 Å². The van der Waals surface area contributed by atoms with Crippen LogP contribution in [-0.4, -0.2) is 64.4 Å². The minimum atomic E-state index is -3.73. The van der Waals surface area contributed by atoms with Gasteiger partial charge in [-0.3, -0.25) is 4.79 Å². The first-order valence-electron chi connectivity index (χ1n) is 8.17. The lowest BCUT2D eigenvalue weighted by atomic mass is 9.92. The minimum absolute atomic E-state index is 0.148. The molecule has 134 valence electrons. The van der Waals surface area contributed by atoms with Crippen molar-refractivity contribution < 1.29 is 17.9 Å². The summed E-state index contributed by atoms with van der Waals surface area (Å²) < 4.78 is 32.2. The Bertz CT molecular complexity index is 686. The summed E-state index contributed by atoms with van der Waals surface area (Å²) >= 11 is 0. The van der Waals surface area contributed by atoms with Gasteiger partial charge in [-0.2, -0.15) is 4.31 Å². The Morgan fingerprint density at radius 3 is 2.46 bits per heavy atom. The fourth-order valence-corrected chi connectivity index (χ4v) is 4.21. The highest BCUT2D eigenvalue weighted by atomic mass is 32.2. The average molecular weight is 354 g/mol. The molecule has 1 aliphatic rings. The monoisotopic (exact) mass is 354 g/mol. The zero-order valence-electron chi connectivity index (χ0n) is 14.6. The predicted molar refractivity (Wildman–Crippen MR) is 92.4 cm³/mol. The first-order valence-corrected chi connectivity index (χ1v) is 9.61. The predicted octanol–water partition coefficient (Wildman–Crippen LogP) is 1.29. The molecular formula is C17H26N2O4S. The Balaban J connectivity index is 2.30. The molecule has 7 heteroatoms. The number of aryl methyl sites for hydroxylation is 2. The number of benzene rings is 1. The van der Waals surface area contributed by atoms with Gasteiger partial charge in [0, 0.05) is 27.7 Å². The Kier molecular flexibility index (Phi) is 6.37. The molecule has 0 radical (unpaired) electrons. The largest absolute Gasteiger partial charge is 0.383 e. The van der Waals surface area contributed by atoms with Crippen LogP contribution in [-0.2, 0) is 32.4 Å². The van der Waals surface area contributed by atoms with Gasteiger partial charge in [0.25, 0.3) is 0 Å². The molecule has 24 heavy (non-hydrogen) atoms. The first-order chi connectivity index (χ1) is 11.4. The Hall–Kier alpha value is -1.44. The minimum Gasteiger partial charge on any atom is -0.383 e. The molecule has 1 aliphatic carbocycles. The Morgan fingerprint density at radius 1 is 1.17 bits per heavy atom. The van der Waals surface area contributed by atoms with Crippen molar-refractivity contribution in [3.05, 3.63) is 29.3 Å². The quantitative estimate of drug-likeness (QED) is 0.740. The molecule has 1 aromatic rings. The number of methoxy groups -OCH3 is 1. The van der Waals surface area contributed by atoms with Gasteiger partial charge in [0.15, 0.2) is 0 Å². The van der Waals surface area contributed by atoms with Gasteiger partial charge in [-0.25, -0.2) is 8.42 Å². The summed E-state index contributed by atoms with van der Waals surface area (Å²) in [6.45, 7) is 0.205. The summed E-state index contributed by atoms with van der Waals surface area (Å²) in [4.78, 5) is 13.7. The van der Waals surface area contributed by atoms with Crippen molar-refractivity contribution in [2.75, 3.05) is 40.9 Å². The summed E-state index contributed by atoms with van der Waals surface area (Å²) in [6, 6.07) is 5.33. The van der Waals surface area contributed by atoms with Gasteiger partial charge in [0.05, 0.1) is 18.0 Å². The highest BCUT2D eigenvalue weighted by molar-refractivity contribution is 7.89. The van der Waals surface area contributed by atoms with E-state index >= 15 is 0 Å². The van der Waals surface area contributed by atoms with E-state index in [1.165, 1.54) is 21.9 Å². The number of nitrogens with zero attached hydrogens (tertiary/aromatic N) is 2. The van der Waals surface area contributed by atoms with Crippen molar-refractivity contribution in [1.82, 2.24) is 9.21 Å². The fraction of sp³-hybridized carbons (Fsp3) is 0.588. The van der Waals surface area contributed by atoms with Crippen molar-refractivity contribution in [3.63, 3.8) is 0 Å². The molecule has 0 aromatic heterocycles. The molecule has 0 unspecified atom stereocenters. The molecule has 1 aromatic carbocycles. The first kappa shape index (κ1) is 18.9. The molecule has 0 N–H and O–H groups in total. The number of hydrogen-bond acceptors (Lipinski definition) is 4. The van der Waals surface area contributed by atoms with Crippen LogP contribution in [0.15, 0.2) is 23.1 Å². The van der Waals surface area contributed by atoms with Crippen LogP contribution in [0.3, 0.4) is 0 Å². The van der Waals surface area contributed by atoms with Gasteiger partial charge in [-0.1, -0.05) is 6.07 Å². The topological polar surface area (TPSA) is 66.9 Å². The number of sulfonamides is 1. The SMILES string of the molecule is COCCN(CC(=O)N(C)C)S(=O)(=O)c1ccc2c(c1)CCCC2. The number of ether oxygens (including phenoxy) is 1. The van der Waals surface area contributed by atoms with E-state index < -0.39 is 10.0 Å². The van der Waals surface area contributed by atoms with Crippen molar-refractivity contribution in [2.45, 2.75) is 30.6 Å². The molecule has 0 bridgehead atoms. The zero-order valence-corrected chi connectivity index (χ0v) is 15.4. The number of likely N-dealkylation sites (N-methyl/N-ethyl adjacent to an activating group) is 1. The van der Waals surface area contributed by atoms with Gasteiger partial charge in [0.2, 0.25) is 15.9 Å². The number of carbonyl (C=O) groups excluding carboxylic acids is 1.